The molecule has 2 rings (SSSR count). The highest BCUT2D eigenvalue weighted by Gasteiger charge is 2.19. The maximum Gasteiger partial charge on any atom is 0.273 e. The van der Waals surface area contributed by atoms with E-state index in [0.29, 0.717) is 24.0 Å². The van der Waals surface area contributed by atoms with Gasteiger partial charge in [-0.25, -0.2) is 4.98 Å². The monoisotopic (exact) mass is 274 g/mol. The van der Waals surface area contributed by atoms with Gasteiger partial charge in [0.15, 0.2) is 5.69 Å². The van der Waals surface area contributed by atoms with Crippen molar-refractivity contribution in [2.24, 2.45) is 0 Å². The molecule has 0 fully saturated rings. The summed E-state index contributed by atoms with van der Waals surface area (Å²) < 4.78 is 10.5. The third-order valence-corrected chi connectivity index (χ3v) is 2.83. The molecule has 5 nitrogen and oxygen atoms in total. The fourth-order valence-corrected chi connectivity index (χ4v) is 1.90. The van der Waals surface area contributed by atoms with E-state index in [0.717, 1.165) is 5.56 Å². The van der Waals surface area contributed by atoms with Crippen LogP contribution in [0.3, 0.4) is 0 Å². The molecule has 1 unspecified atom stereocenters. The van der Waals surface area contributed by atoms with E-state index >= 15 is 0 Å². The molecule has 5 heteroatoms. The number of hydrogen-bond acceptors (Lipinski definition) is 4. The summed E-state index contributed by atoms with van der Waals surface area (Å²) in [6, 6.07) is 9.41. The first kappa shape index (κ1) is 14.3. The lowest BCUT2D eigenvalue weighted by Gasteiger charge is -2.11. The van der Waals surface area contributed by atoms with E-state index in [9.17, 15) is 4.79 Å². The van der Waals surface area contributed by atoms with Crippen LogP contribution < -0.4 is 5.32 Å². The van der Waals surface area contributed by atoms with E-state index in [1.54, 1.807) is 14.0 Å². The largest absolute Gasteiger partial charge is 0.441 e. The van der Waals surface area contributed by atoms with E-state index in [1.807, 2.05) is 37.3 Å². The Morgan fingerprint density at radius 1 is 1.40 bits per heavy atom. The van der Waals surface area contributed by atoms with Crippen molar-refractivity contribution in [1.82, 2.24) is 10.3 Å². The molecular formula is C15H18N2O3. The van der Waals surface area contributed by atoms with Gasteiger partial charge in [-0.15, -0.1) is 0 Å². The second-order valence-corrected chi connectivity index (χ2v) is 4.62. The Bertz CT molecular complexity index is 578. The van der Waals surface area contributed by atoms with Crippen molar-refractivity contribution in [2.45, 2.75) is 19.9 Å². The molecular weight excluding hydrogens is 256 g/mol. The van der Waals surface area contributed by atoms with Crippen LogP contribution in [0.15, 0.2) is 34.7 Å². The predicted molar refractivity (Wildman–Crippen MR) is 75.5 cm³/mol. The second kappa shape index (κ2) is 6.34. The van der Waals surface area contributed by atoms with Crippen LogP contribution in [0.4, 0.5) is 0 Å². The van der Waals surface area contributed by atoms with Gasteiger partial charge in [-0.05, 0) is 26.0 Å². The number of methoxy groups -OCH3 is 1. The van der Waals surface area contributed by atoms with Gasteiger partial charge in [0, 0.05) is 18.7 Å². The number of nitrogens with one attached hydrogen (secondary N) is 1. The zero-order valence-electron chi connectivity index (χ0n) is 11.8. The topological polar surface area (TPSA) is 64.4 Å². The second-order valence-electron chi connectivity index (χ2n) is 4.62. The minimum absolute atomic E-state index is 0.0798. The van der Waals surface area contributed by atoms with E-state index in [4.69, 9.17) is 9.15 Å². The normalized spacial score (nSPS) is 12.2. The lowest BCUT2D eigenvalue weighted by Crippen LogP contribution is -2.36. The molecule has 0 radical (unpaired) electrons. The molecule has 1 heterocycles. The van der Waals surface area contributed by atoms with Crippen molar-refractivity contribution in [2.75, 3.05) is 13.7 Å². The number of hydrogen-bond donors (Lipinski definition) is 1. The molecule has 1 N–H and O–H groups in total. The number of oxazole rings is 1. The molecule has 0 aliphatic carbocycles. The standard InChI is InChI=1S/C15H18N2O3/c1-10(9-19-3)16-14(18)13-11(2)20-15(17-13)12-7-5-4-6-8-12/h4-8,10H,9H2,1-3H3,(H,16,18). The summed E-state index contributed by atoms with van der Waals surface area (Å²) in [5.41, 5.74) is 1.16. The Morgan fingerprint density at radius 2 is 2.10 bits per heavy atom. The van der Waals surface area contributed by atoms with Crippen molar-refractivity contribution in [3.05, 3.63) is 41.8 Å². The van der Waals surface area contributed by atoms with Crippen molar-refractivity contribution in [3.8, 4) is 11.5 Å². The number of amides is 1. The quantitative estimate of drug-likeness (QED) is 0.909. The Hall–Kier alpha value is -2.14. The molecule has 1 aromatic carbocycles. The van der Waals surface area contributed by atoms with Gasteiger partial charge in [0.05, 0.1) is 6.61 Å². The molecule has 2 aromatic rings. The van der Waals surface area contributed by atoms with Crippen molar-refractivity contribution < 1.29 is 13.9 Å². The third kappa shape index (κ3) is 3.24. The zero-order chi connectivity index (χ0) is 14.5. The first-order chi connectivity index (χ1) is 9.61. The van der Waals surface area contributed by atoms with E-state index in [2.05, 4.69) is 10.3 Å². The fourth-order valence-electron chi connectivity index (χ4n) is 1.90. The predicted octanol–water partition coefficient (Wildman–Crippen LogP) is 2.41. The lowest BCUT2D eigenvalue weighted by atomic mass is 10.2. The summed E-state index contributed by atoms with van der Waals surface area (Å²) >= 11 is 0. The van der Waals surface area contributed by atoms with E-state index in [-0.39, 0.29) is 11.9 Å². The van der Waals surface area contributed by atoms with Gasteiger partial charge in [0.1, 0.15) is 5.76 Å². The fraction of sp³-hybridized carbons (Fsp3) is 0.333. The van der Waals surface area contributed by atoms with Gasteiger partial charge in [0.2, 0.25) is 5.89 Å². The van der Waals surface area contributed by atoms with Crippen molar-refractivity contribution in [3.63, 3.8) is 0 Å². The average Bonchev–Trinajstić information content (AvgIpc) is 2.82. The maximum absolute atomic E-state index is 12.1. The molecule has 0 spiro atoms. The van der Waals surface area contributed by atoms with Gasteiger partial charge in [-0.2, -0.15) is 0 Å². The lowest BCUT2D eigenvalue weighted by molar-refractivity contribution is 0.0899. The molecule has 0 bridgehead atoms. The van der Waals surface area contributed by atoms with E-state index < -0.39 is 0 Å². The SMILES string of the molecule is COCC(C)NC(=O)c1nc(-c2ccccc2)oc1C. The molecule has 0 aliphatic heterocycles. The van der Waals surface area contributed by atoms with Crippen LogP contribution in [0, 0.1) is 6.92 Å². The van der Waals surface area contributed by atoms with Crippen LogP contribution >= 0.6 is 0 Å². The van der Waals surface area contributed by atoms with Gasteiger partial charge < -0.3 is 14.5 Å². The van der Waals surface area contributed by atoms with Crippen LogP contribution in [-0.2, 0) is 4.74 Å². The number of aromatic nitrogens is 1. The summed E-state index contributed by atoms with van der Waals surface area (Å²) in [5.74, 6) is 0.705. The molecule has 0 saturated heterocycles. The Morgan fingerprint density at radius 3 is 2.75 bits per heavy atom. The summed E-state index contributed by atoms with van der Waals surface area (Å²) in [5, 5.41) is 2.82. The van der Waals surface area contributed by atoms with Gasteiger partial charge in [-0.3, -0.25) is 4.79 Å². The Labute approximate surface area is 118 Å². The first-order valence-corrected chi connectivity index (χ1v) is 6.44. The van der Waals surface area contributed by atoms with Crippen LogP contribution in [0.2, 0.25) is 0 Å². The molecule has 1 amide bonds. The smallest absolute Gasteiger partial charge is 0.273 e. The van der Waals surface area contributed by atoms with Gasteiger partial charge >= 0.3 is 0 Å². The summed E-state index contributed by atoms with van der Waals surface area (Å²) in [6.07, 6.45) is 0. The van der Waals surface area contributed by atoms with Crippen molar-refractivity contribution >= 4 is 5.91 Å². The van der Waals surface area contributed by atoms with Gasteiger partial charge in [0.25, 0.3) is 5.91 Å². The third-order valence-electron chi connectivity index (χ3n) is 2.83. The molecule has 0 saturated carbocycles. The Balaban J connectivity index is 2.17. The van der Waals surface area contributed by atoms with Gasteiger partial charge in [-0.1, -0.05) is 18.2 Å². The minimum Gasteiger partial charge on any atom is -0.441 e. The number of rotatable bonds is 5. The number of aryl methyl sites for hydroxylation is 1. The maximum atomic E-state index is 12.1. The number of benzene rings is 1. The molecule has 1 atom stereocenters. The van der Waals surface area contributed by atoms with Crippen LogP contribution in [0.1, 0.15) is 23.2 Å². The zero-order valence-corrected chi connectivity index (χ0v) is 11.8. The number of carbonyl (C=O) groups is 1. The summed E-state index contributed by atoms with van der Waals surface area (Å²) in [7, 11) is 1.59. The number of carbonyl (C=O) groups excluding carboxylic acids is 1. The highest BCUT2D eigenvalue weighted by molar-refractivity contribution is 5.93. The average molecular weight is 274 g/mol. The number of ether oxygens (including phenoxy) is 1. The van der Waals surface area contributed by atoms with Crippen molar-refractivity contribution in [1.29, 1.82) is 0 Å². The van der Waals surface area contributed by atoms with E-state index in [1.165, 1.54) is 0 Å². The highest BCUT2D eigenvalue weighted by atomic mass is 16.5. The molecule has 106 valence electrons. The summed E-state index contributed by atoms with van der Waals surface area (Å²) in [6.45, 7) is 4.05. The highest BCUT2D eigenvalue weighted by Crippen LogP contribution is 2.21. The summed E-state index contributed by atoms with van der Waals surface area (Å²) in [4.78, 5) is 16.4. The molecule has 1 aromatic heterocycles. The van der Waals surface area contributed by atoms with Crippen LogP contribution in [0.5, 0.6) is 0 Å². The number of nitrogens with zero attached hydrogens (tertiary/aromatic N) is 1. The van der Waals surface area contributed by atoms with Crippen LogP contribution in [-0.4, -0.2) is 30.6 Å². The van der Waals surface area contributed by atoms with Crippen LogP contribution in [0.25, 0.3) is 11.5 Å². The molecule has 20 heavy (non-hydrogen) atoms. The first-order valence-electron chi connectivity index (χ1n) is 6.44. The minimum atomic E-state index is -0.252. The Kier molecular flexibility index (Phi) is 4.53. The molecule has 0 aliphatic rings.